The van der Waals surface area contributed by atoms with Crippen molar-refractivity contribution in [3.8, 4) is 5.69 Å². The van der Waals surface area contributed by atoms with E-state index in [0.717, 1.165) is 17.6 Å². The molecular weight excluding hydrogens is 378 g/mol. The van der Waals surface area contributed by atoms with Gasteiger partial charge in [-0.1, -0.05) is 24.3 Å². The first-order valence-corrected chi connectivity index (χ1v) is 10.1. The molecule has 30 heavy (non-hydrogen) atoms. The Morgan fingerprint density at radius 3 is 2.47 bits per heavy atom. The lowest BCUT2D eigenvalue weighted by Crippen LogP contribution is -2.39. The standard InChI is InChI=1S/C24H26N3O3/c1-24(2,3)30-23(28)26-14-12-17(13-15-26)21-16-27(22-7-5-4-6-20(21)22)19-10-8-18(25-29)9-11-19/h4-12,16,25H,13-15H2,1-3H3/q-1. The van der Waals surface area contributed by atoms with Gasteiger partial charge in [0.05, 0.1) is 5.52 Å². The van der Waals surface area contributed by atoms with Gasteiger partial charge in [0.15, 0.2) is 0 Å². The summed E-state index contributed by atoms with van der Waals surface area (Å²) in [6.07, 6.45) is 4.75. The third-order valence-electron chi connectivity index (χ3n) is 5.18. The van der Waals surface area contributed by atoms with E-state index in [1.165, 1.54) is 16.5 Å². The molecule has 1 aliphatic heterocycles. The lowest BCUT2D eigenvalue weighted by Gasteiger charge is -2.29. The number of carbonyl (C=O) groups is 1. The van der Waals surface area contributed by atoms with Crippen LogP contribution in [0, 0.1) is 5.21 Å². The molecule has 1 aromatic heterocycles. The summed E-state index contributed by atoms with van der Waals surface area (Å²) < 4.78 is 7.63. The Hall–Kier alpha value is -3.25. The van der Waals surface area contributed by atoms with E-state index in [0.29, 0.717) is 18.8 Å². The van der Waals surface area contributed by atoms with Crippen molar-refractivity contribution in [2.24, 2.45) is 0 Å². The fraction of sp³-hybridized carbons (Fsp3) is 0.292. The van der Waals surface area contributed by atoms with Crippen LogP contribution in [0.3, 0.4) is 0 Å². The van der Waals surface area contributed by atoms with Crippen LogP contribution in [0.5, 0.6) is 0 Å². The summed E-state index contributed by atoms with van der Waals surface area (Å²) >= 11 is 0. The second-order valence-electron chi connectivity index (χ2n) is 8.48. The quantitative estimate of drug-likeness (QED) is 0.580. The largest absolute Gasteiger partial charge is 0.761 e. The smallest absolute Gasteiger partial charge is 0.410 e. The topological polar surface area (TPSA) is 69.6 Å². The molecule has 0 radical (unpaired) electrons. The molecule has 0 saturated heterocycles. The molecule has 0 spiro atoms. The normalized spacial score (nSPS) is 14.5. The molecule has 0 atom stereocenters. The predicted molar refractivity (Wildman–Crippen MR) is 121 cm³/mol. The van der Waals surface area contributed by atoms with Crippen LogP contribution in [0.25, 0.3) is 22.2 Å². The number of nitrogens with zero attached hydrogens (tertiary/aromatic N) is 2. The highest BCUT2D eigenvalue weighted by molar-refractivity contribution is 5.94. The molecule has 2 aromatic carbocycles. The SMILES string of the molecule is CC(C)(C)OC(=O)N1CC=C(c2cn(-c3ccc(N[O-])cc3)c3ccccc23)CC1. The molecule has 156 valence electrons. The van der Waals surface area contributed by atoms with Gasteiger partial charge in [-0.15, -0.1) is 0 Å². The molecule has 3 aromatic rings. The predicted octanol–water partition coefficient (Wildman–Crippen LogP) is 5.56. The number of fused-ring (bicyclic) bond motifs is 1. The Labute approximate surface area is 176 Å². The van der Waals surface area contributed by atoms with Gasteiger partial charge in [0.25, 0.3) is 0 Å². The molecule has 0 fully saturated rings. The highest BCUT2D eigenvalue weighted by atomic mass is 16.6. The fourth-order valence-electron chi connectivity index (χ4n) is 3.75. The zero-order chi connectivity index (χ0) is 21.3. The number of hydrogen-bond donors (Lipinski definition) is 1. The highest BCUT2D eigenvalue weighted by Gasteiger charge is 2.24. The number of anilines is 1. The van der Waals surface area contributed by atoms with Gasteiger partial charge in [0.2, 0.25) is 0 Å². The number of ether oxygens (including phenoxy) is 1. The molecular formula is C24H26N3O3-. The number of benzene rings is 2. The van der Waals surface area contributed by atoms with Crippen molar-refractivity contribution in [1.29, 1.82) is 0 Å². The Balaban J connectivity index is 1.64. The van der Waals surface area contributed by atoms with Crippen molar-refractivity contribution in [3.05, 3.63) is 71.6 Å². The van der Waals surface area contributed by atoms with E-state index < -0.39 is 5.60 Å². The lowest BCUT2D eigenvalue weighted by molar-refractivity contribution is 0.0270. The van der Waals surface area contributed by atoms with Gasteiger partial charge in [-0.3, -0.25) is 0 Å². The molecule has 1 amide bonds. The summed E-state index contributed by atoms with van der Waals surface area (Å²) in [7, 11) is 0. The molecule has 4 rings (SSSR count). The average molecular weight is 404 g/mol. The van der Waals surface area contributed by atoms with Crippen molar-refractivity contribution in [1.82, 2.24) is 9.47 Å². The zero-order valence-corrected chi connectivity index (χ0v) is 17.5. The molecule has 1 aliphatic rings. The molecule has 2 heterocycles. The number of aromatic nitrogens is 1. The minimum atomic E-state index is -0.494. The van der Waals surface area contributed by atoms with E-state index in [-0.39, 0.29) is 6.09 Å². The third kappa shape index (κ3) is 4.04. The van der Waals surface area contributed by atoms with Crippen molar-refractivity contribution in [2.75, 3.05) is 18.6 Å². The number of amides is 1. The van der Waals surface area contributed by atoms with Gasteiger partial charge in [0.1, 0.15) is 5.60 Å². The third-order valence-corrected chi connectivity index (χ3v) is 5.18. The van der Waals surface area contributed by atoms with Crippen LogP contribution in [0.2, 0.25) is 0 Å². The van der Waals surface area contributed by atoms with E-state index in [9.17, 15) is 10.0 Å². The summed E-state index contributed by atoms with van der Waals surface area (Å²) in [6, 6.07) is 15.7. The first-order chi connectivity index (χ1) is 14.4. The Kier molecular flexibility index (Phi) is 5.26. The molecule has 0 saturated carbocycles. The van der Waals surface area contributed by atoms with Crippen LogP contribution in [0.4, 0.5) is 10.5 Å². The summed E-state index contributed by atoms with van der Waals surface area (Å²) in [5.74, 6) is 0. The van der Waals surface area contributed by atoms with Gasteiger partial charge < -0.3 is 24.9 Å². The monoisotopic (exact) mass is 404 g/mol. The van der Waals surface area contributed by atoms with Gasteiger partial charge >= 0.3 is 6.09 Å². The maximum absolute atomic E-state index is 12.4. The van der Waals surface area contributed by atoms with Crippen LogP contribution < -0.4 is 5.48 Å². The number of para-hydroxylation sites is 1. The molecule has 0 unspecified atom stereocenters. The highest BCUT2D eigenvalue weighted by Crippen LogP contribution is 2.33. The number of carbonyl (C=O) groups excluding carboxylic acids is 1. The summed E-state index contributed by atoms with van der Waals surface area (Å²) in [5, 5.41) is 12.0. The molecule has 0 aliphatic carbocycles. The molecule has 6 nitrogen and oxygen atoms in total. The van der Waals surface area contributed by atoms with Gasteiger partial charge in [0, 0.05) is 41.6 Å². The van der Waals surface area contributed by atoms with Gasteiger partial charge in [-0.05, 0) is 63.1 Å². The van der Waals surface area contributed by atoms with Crippen LogP contribution in [-0.2, 0) is 4.74 Å². The Morgan fingerprint density at radius 1 is 1.10 bits per heavy atom. The summed E-state index contributed by atoms with van der Waals surface area (Å²) in [6.45, 7) is 6.80. The number of nitrogens with one attached hydrogen (secondary N) is 1. The summed E-state index contributed by atoms with van der Waals surface area (Å²) in [4.78, 5) is 14.1. The van der Waals surface area contributed by atoms with Crippen molar-refractivity contribution >= 4 is 28.3 Å². The second-order valence-corrected chi connectivity index (χ2v) is 8.48. The van der Waals surface area contributed by atoms with Crippen molar-refractivity contribution in [2.45, 2.75) is 32.8 Å². The van der Waals surface area contributed by atoms with Gasteiger partial charge in [-0.25, -0.2) is 4.79 Å². The minimum Gasteiger partial charge on any atom is -0.761 e. The second kappa shape index (κ2) is 7.88. The molecule has 6 heteroatoms. The van der Waals surface area contributed by atoms with Gasteiger partial charge in [-0.2, -0.15) is 0 Å². The fourth-order valence-corrected chi connectivity index (χ4v) is 3.75. The summed E-state index contributed by atoms with van der Waals surface area (Å²) in [5.41, 5.74) is 6.44. The van der Waals surface area contributed by atoms with E-state index in [4.69, 9.17) is 4.74 Å². The molecule has 0 bridgehead atoms. The van der Waals surface area contributed by atoms with E-state index >= 15 is 0 Å². The number of rotatable bonds is 3. The number of hydrogen-bond acceptors (Lipinski definition) is 4. The Bertz CT molecular complexity index is 1090. The van der Waals surface area contributed by atoms with Crippen LogP contribution in [-0.4, -0.2) is 34.3 Å². The van der Waals surface area contributed by atoms with E-state index in [2.05, 4.69) is 29.0 Å². The maximum Gasteiger partial charge on any atom is 0.410 e. The van der Waals surface area contributed by atoms with Crippen molar-refractivity contribution < 1.29 is 9.53 Å². The lowest BCUT2D eigenvalue weighted by atomic mass is 9.99. The molecule has 1 N–H and O–H groups in total. The Morgan fingerprint density at radius 2 is 1.83 bits per heavy atom. The van der Waals surface area contributed by atoms with Crippen LogP contribution in [0.1, 0.15) is 32.8 Å². The zero-order valence-electron chi connectivity index (χ0n) is 17.5. The van der Waals surface area contributed by atoms with E-state index in [1.807, 2.05) is 50.5 Å². The maximum atomic E-state index is 12.4. The average Bonchev–Trinajstić information content (AvgIpc) is 3.12. The van der Waals surface area contributed by atoms with Crippen LogP contribution >= 0.6 is 0 Å². The first kappa shape index (κ1) is 20.0. The first-order valence-electron chi connectivity index (χ1n) is 10.1. The van der Waals surface area contributed by atoms with Crippen molar-refractivity contribution in [3.63, 3.8) is 0 Å². The minimum absolute atomic E-state index is 0.271. The van der Waals surface area contributed by atoms with E-state index in [1.54, 1.807) is 17.0 Å². The van der Waals surface area contributed by atoms with Crippen LogP contribution in [0.15, 0.2) is 60.8 Å².